The molecule has 0 aliphatic carbocycles. The number of nitrogens with zero attached hydrogens (tertiary/aromatic N) is 1. The number of anilines is 1. The molecule has 0 aliphatic rings. The van der Waals surface area contributed by atoms with Crippen LogP contribution in [0.5, 0.6) is 0 Å². The largest absolute Gasteiger partial charge is 0.354 e. The highest BCUT2D eigenvalue weighted by atomic mass is 35.5. The molecule has 0 fully saturated rings. The second-order valence-electron chi connectivity index (χ2n) is 6.06. The van der Waals surface area contributed by atoms with Crippen LogP contribution in [-0.2, 0) is 9.59 Å². The van der Waals surface area contributed by atoms with Gasteiger partial charge in [-0.15, -0.1) is 0 Å². The molecule has 0 unspecified atom stereocenters. The molecule has 0 aromatic heterocycles. The standard InChI is InChI=1S/C16H23ClN2O2/c1-11-13(17)7-6-8-14(11)19(12(2)20)10-9-18-15(21)16(3,4)5/h6-8H,9-10H2,1-5H3,(H,18,21). The zero-order valence-electron chi connectivity index (χ0n) is 13.3. The van der Waals surface area contributed by atoms with Crippen LogP contribution < -0.4 is 10.2 Å². The highest BCUT2D eigenvalue weighted by Gasteiger charge is 2.21. The number of amides is 2. The monoisotopic (exact) mass is 310 g/mol. The van der Waals surface area contributed by atoms with Crippen LogP contribution in [0.1, 0.15) is 33.3 Å². The van der Waals surface area contributed by atoms with E-state index in [1.54, 1.807) is 11.0 Å². The van der Waals surface area contributed by atoms with Crippen molar-refractivity contribution in [3.63, 3.8) is 0 Å². The molecule has 0 bridgehead atoms. The van der Waals surface area contributed by atoms with E-state index in [1.807, 2.05) is 39.8 Å². The van der Waals surface area contributed by atoms with Gasteiger partial charge in [0, 0.05) is 36.1 Å². The molecule has 0 spiro atoms. The maximum atomic E-state index is 11.9. The summed E-state index contributed by atoms with van der Waals surface area (Å²) in [6.07, 6.45) is 0. The van der Waals surface area contributed by atoms with Crippen LogP contribution in [0.4, 0.5) is 5.69 Å². The molecule has 1 rings (SSSR count). The highest BCUT2D eigenvalue weighted by molar-refractivity contribution is 6.31. The molecule has 4 nitrogen and oxygen atoms in total. The fourth-order valence-electron chi connectivity index (χ4n) is 1.88. The number of hydrogen-bond donors (Lipinski definition) is 1. The van der Waals surface area contributed by atoms with Crippen LogP contribution >= 0.6 is 11.6 Å². The van der Waals surface area contributed by atoms with E-state index in [2.05, 4.69) is 5.32 Å². The minimum Gasteiger partial charge on any atom is -0.354 e. The van der Waals surface area contributed by atoms with Gasteiger partial charge in [0.1, 0.15) is 0 Å². The fraction of sp³-hybridized carbons (Fsp3) is 0.500. The molecule has 1 aromatic rings. The topological polar surface area (TPSA) is 49.4 Å². The van der Waals surface area contributed by atoms with Crippen molar-refractivity contribution in [1.29, 1.82) is 0 Å². The maximum absolute atomic E-state index is 11.9. The van der Waals surface area contributed by atoms with Crippen LogP contribution in [0, 0.1) is 12.3 Å². The molecule has 0 heterocycles. The number of nitrogens with one attached hydrogen (secondary N) is 1. The van der Waals surface area contributed by atoms with Gasteiger partial charge in [0.25, 0.3) is 0 Å². The van der Waals surface area contributed by atoms with E-state index < -0.39 is 5.41 Å². The highest BCUT2D eigenvalue weighted by Crippen LogP contribution is 2.26. The molecular weight excluding hydrogens is 288 g/mol. The molecule has 2 amide bonds. The van der Waals surface area contributed by atoms with E-state index in [-0.39, 0.29) is 11.8 Å². The first-order chi connectivity index (χ1) is 9.64. The van der Waals surface area contributed by atoms with E-state index in [9.17, 15) is 9.59 Å². The van der Waals surface area contributed by atoms with Crippen molar-refractivity contribution < 1.29 is 9.59 Å². The van der Waals surface area contributed by atoms with Gasteiger partial charge in [-0.2, -0.15) is 0 Å². The van der Waals surface area contributed by atoms with Crippen molar-refractivity contribution in [3.05, 3.63) is 28.8 Å². The zero-order valence-corrected chi connectivity index (χ0v) is 14.0. The SMILES string of the molecule is CC(=O)N(CCNC(=O)C(C)(C)C)c1cccc(Cl)c1C. The Morgan fingerprint density at radius 1 is 1.29 bits per heavy atom. The molecule has 0 radical (unpaired) electrons. The van der Waals surface area contributed by atoms with E-state index in [0.717, 1.165) is 11.3 Å². The molecule has 1 aromatic carbocycles. The Hall–Kier alpha value is -1.55. The van der Waals surface area contributed by atoms with Crippen LogP contribution in [-0.4, -0.2) is 24.9 Å². The summed E-state index contributed by atoms with van der Waals surface area (Å²) in [7, 11) is 0. The Labute approximate surface area is 131 Å². The first-order valence-corrected chi connectivity index (χ1v) is 7.34. The van der Waals surface area contributed by atoms with Gasteiger partial charge < -0.3 is 10.2 Å². The molecule has 21 heavy (non-hydrogen) atoms. The van der Waals surface area contributed by atoms with Crippen molar-refractivity contribution in [3.8, 4) is 0 Å². The quantitative estimate of drug-likeness (QED) is 0.928. The number of carbonyl (C=O) groups excluding carboxylic acids is 2. The molecule has 0 aliphatic heterocycles. The van der Waals surface area contributed by atoms with E-state index in [0.29, 0.717) is 18.1 Å². The lowest BCUT2D eigenvalue weighted by Crippen LogP contribution is -2.41. The summed E-state index contributed by atoms with van der Waals surface area (Å²) in [6.45, 7) is 9.76. The van der Waals surface area contributed by atoms with Gasteiger partial charge >= 0.3 is 0 Å². The van der Waals surface area contributed by atoms with Crippen LogP contribution in [0.2, 0.25) is 5.02 Å². The summed E-state index contributed by atoms with van der Waals surface area (Å²) < 4.78 is 0. The molecule has 1 N–H and O–H groups in total. The van der Waals surface area contributed by atoms with Crippen molar-refractivity contribution >= 4 is 29.1 Å². The van der Waals surface area contributed by atoms with Crippen molar-refractivity contribution in [2.75, 3.05) is 18.0 Å². The van der Waals surface area contributed by atoms with Crippen LogP contribution in [0.3, 0.4) is 0 Å². The summed E-state index contributed by atoms with van der Waals surface area (Å²) >= 11 is 6.10. The molecule has 5 heteroatoms. The summed E-state index contributed by atoms with van der Waals surface area (Å²) in [5, 5.41) is 3.47. The zero-order chi connectivity index (χ0) is 16.2. The Morgan fingerprint density at radius 2 is 1.90 bits per heavy atom. The number of benzene rings is 1. The Balaban J connectivity index is 2.79. The summed E-state index contributed by atoms with van der Waals surface area (Å²) in [6, 6.07) is 5.46. The first kappa shape index (κ1) is 17.5. The third kappa shape index (κ3) is 4.74. The predicted molar refractivity (Wildman–Crippen MR) is 86.7 cm³/mol. The third-order valence-corrected chi connectivity index (χ3v) is 3.62. The van der Waals surface area contributed by atoms with Gasteiger partial charge in [0.15, 0.2) is 0 Å². The van der Waals surface area contributed by atoms with Gasteiger partial charge in [-0.3, -0.25) is 9.59 Å². The molecule has 0 saturated carbocycles. The van der Waals surface area contributed by atoms with E-state index in [1.165, 1.54) is 6.92 Å². The van der Waals surface area contributed by atoms with E-state index in [4.69, 9.17) is 11.6 Å². The average molecular weight is 311 g/mol. The lowest BCUT2D eigenvalue weighted by atomic mass is 9.96. The van der Waals surface area contributed by atoms with Gasteiger partial charge in [-0.05, 0) is 24.6 Å². The second kappa shape index (κ2) is 6.94. The van der Waals surface area contributed by atoms with Crippen LogP contribution in [0.25, 0.3) is 0 Å². The smallest absolute Gasteiger partial charge is 0.225 e. The minimum atomic E-state index is -0.437. The number of rotatable bonds is 4. The molecule has 0 saturated heterocycles. The number of carbonyl (C=O) groups is 2. The first-order valence-electron chi connectivity index (χ1n) is 6.96. The lowest BCUT2D eigenvalue weighted by molar-refractivity contribution is -0.128. The summed E-state index contributed by atoms with van der Waals surface area (Å²) in [5.41, 5.74) is 1.20. The van der Waals surface area contributed by atoms with Gasteiger partial charge in [0.2, 0.25) is 11.8 Å². The molecule has 116 valence electrons. The van der Waals surface area contributed by atoms with Gasteiger partial charge in [-0.1, -0.05) is 38.4 Å². The third-order valence-electron chi connectivity index (χ3n) is 3.21. The second-order valence-corrected chi connectivity index (χ2v) is 6.47. The fourth-order valence-corrected chi connectivity index (χ4v) is 2.05. The maximum Gasteiger partial charge on any atom is 0.225 e. The van der Waals surface area contributed by atoms with Gasteiger partial charge in [-0.25, -0.2) is 0 Å². The number of halogens is 1. The molecular formula is C16H23ClN2O2. The molecule has 0 atom stereocenters. The Kier molecular flexibility index (Phi) is 5.78. The average Bonchev–Trinajstić information content (AvgIpc) is 2.37. The normalized spacial score (nSPS) is 11.1. The Morgan fingerprint density at radius 3 is 2.43 bits per heavy atom. The van der Waals surface area contributed by atoms with E-state index >= 15 is 0 Å². The number of hydrogen-bond acceptors (Lipinski definition) is 2. The van der Waals surface area contributed by atoms with Crippen molar-refractivity contribution in [2.24, 2.45) is 5.41 Å². The van der Waals surface area contributed by atoms with Crippen molar-refractivity contribution in [2.45, 2.75) is 34.6 Å². The summed E-state index contributed by atoms with van der Waals surface area (Å²) in [4.78, 5) is 25.3. The van der Waals surface area contributed by atoms with Gasteiger partial charge in [0.05, 0.1) is 0 Å². The predicted octanol–water partition coefficient (Wildman–Crippen LogP) is 3.16. The van der Waals surface area contributed by atoms with Crippen LogP contribution in [0.15, 0.2) is 18.2 Å². The summed E-state index contributed by atoms with van der Waals surface area (Å²) in [5.74, 6) is -0.112. The van der Waals surface area contributed by atoms with Crippen molar-refractivity contribution in [1.82, 2.24) is 5.32 Å². The lowest BCUT2D eigenvalue weighted by Gasteiger charge is -2.25. The Bertz CT molecular complexity index is 536. The minimum absolute atomic E-state index is 0.0335.